The smallest absolute Gasteiger partial charge is 0.238 e. The fourth-order valence-corrected chi connectivity index (χ4v) is 4.09. The normalized spacial score (nSPS) is 26.7. The predicted octanol–water partition coefficient (Wildman–Crippen LogP) is 1.05. The van der Waals surface area contributed by atoms with Crippen molar-refractivity contribution >= 4 is 10.0 Å². The maximum atomic E-state index is 11.4. The second-order valence-corrected chi connectivity index (χ2v) is 7.69. The van der Waals surface area contributed by atoms with Crippen molar-refractivity contribution in [3.8, 4) is 0 Å². The number of nitrogens with zero attached hydrogens (tertiary/aromatic N) is 1. The van der Waals surface area contributed by atoms with Gasteiger partial charge in [-0.05, 0) is 56.5 Å². The number of rotatable bonds is 4. The van der Waals surface area contributed by atoms with Crippen LogP contribution in [0.3, 0.4) is 0 Å². The number of hydrogen-bond donors (Lipinski definition) is 2. The van der Waals surface area contributed by atoms with Gasteiger partial charge in [0, 0.05) is 18.6 Å². The Labute approximate surface area is 126 Å². The van der Waals surface area contributed by atoms with E-state index >= 15 is 0 Å². The topological polar surface area (TPSA) is 75.4 Å². The predicted molar refractivity (Wildman–Crippen MR) is 82.3 cm³/mol. The molecule has 3 rings (SSSR count). The fraction of sp³-hybridized carbons (Fsp3) is 0.600. The van der Waals surface area contributed by atoms with E-state index in [-0.39, 0.29) is 4.90 Å². The van der Waals surface area contributed by atoms with Crippen LogP contribution < -0.4 is 10.5 Å². The van der Waals surface area contributed by atoms with Crippen LogP contribution in [0.25, 0.3) is 0 Å². The molecule has 2 fully saturated rings. The Morgan fingerprint density at radius 2 is 2.14 bits per heavy atom. The highest BCUT2D eigenvalue weighted by Crippen LogP contribution is 2.27. The number of primary sulfonamides is 1. The van der Waals surface area contributed by atoms with Crippen molar-refractivity contribution < 1.29 is 8.42 Å². The molecule has 3 N–H and O–H groups in total. The lowest BCUT2D eigenvalue weighted by Gasteiger charge is -2.35. The van der Waals surface area contributed by atoms with Gasteiger partial charge in [-0.2, -0.15) is 0 Å². The third-order valence-corrected chi connectivity index (χ3v) is 5.55. The summed E-state index contributed by atoms with van der Waals surface area (Å²) in [6.07, 6.45) is 5.02. The van der Waals surface area contributed by atoms with Crippen LogP contribution in [-0.2, 0) is 16.6 Å². The minimum Gasteiger partial charge on any atom is -0.310 e. The SMILES string of the molecule is NS(=O)(=O)c1cccc(CNC2CCN3CCCC3C2)c1. The molecule has 0 amide bonds. The Morgan fingerprint density at radius 1 is 1.29 bits per heavy atom. The first-order chi connectivity index (χ1) is 10.0. The minimum atomic E-state index is -3.61. The average molecular weight is 309 g/mol. The largest absolute Gasteiger partial charge is 0.310 e. The summed E-state index contributed by atoms with van der Waals surface area (Å²) >= 11 is 0. The lowest BCUT2D eigenvalue weighted by molar-refractivity contribution is 0.166. The number of piperidine rings is 1. The number of fused-ring (bicyclic) bond motifs is 1. The molecule has 2 atom stereocenters. The molecule has 0 bridgehead atoms. The Bertz CT molecular complexity index is 603. The molecule has 2 saturated heterocycles. The Kier molecular flexibility index (Phi) is 4.31. The van der Waals surface area contributed by atoms with Gasteiger partial charge in [-0.3, -0.25) is 0 Å². The molecule has 0 aliphatic carbocycles. The van der Waals surface area contributed by atoms with Gasteiger partial charge in [0.15, 0.2) is 0 Å². The summed E-state index contributed by atoms with van der Waals surface area (Å²) in [6.45, 7) is 3.13. The van der Waals surface area contributed by atoms with Crippen molar-refractivity contribution in [3.63, 3.8) is 0 Å². The quantitative estimate of drug-likeness (QED) is 0.872. The van der Waals surface area contributed by atoms with Crippen molar-refractivity contribution in [1.29, 1.82) is 0 Å². The monoisotopic (exact) mass is 309 g/mol. The van der Waals surface area contributed by atoms with E-state index in [1.165, 1.54) is 44.8 Å². The molecule has 2 heterocycles. The van der Waals surface area contributed by atoms with Gasteiger partial charge in [0.05, 0.1) is 4.90 Å². The van der Waals surface area contributed by atoms with E-state index < -0.39 is 10.0 Å². The summed E-state index contributed by atoms with van der Waals surface area (Å²) in [7, 11) is -3.61. The number of nitrogens with two attached hydrogens (primary N) is 1. The van der Waals surface area contributed by atoms with E-state index in [2.05, 4.69) is 10.2 Å². The number of benzene rings is 1. The van der Waals surface area contributed by atoms with Gasteiger partial charge in [-0.15, -0.1) is 0 Å². The van der Waals surface area contributed by atoms with E-state index in [1.807, 2.05) is 6.07 Å². The molecule has 2 unspecified atom stereocenters. The zero-order valence-corrected chi connectivity index (χ0v) is 13.0. The summed E-state index contributed by atoms with van der Waals surface area (Å²) in [6, 6.07) is 8.15. The van der Waals surface area contributed by atoms with Gasteiger partial charge in [0.2, 0.25) is 10.0 Å². The first-order valence-electron chi connectivity index (χ1n) is 7.61. The van der Waals surface area contributed by atoms with Crippen molar-refractivity contribution in [3.05, 3.63) is 29.8 Å². The van der Waals surface area contributed by atoms with E-state index in [4.69, 9.17) is 5.14 Å². The van der Waals surface area contributed by atoms with Crippen molar-refractivity contribution in [2.24, 2.45) is 5.14 Å². The molecule has 0 saturated carbocycles. The maximum Gasteiger partial charge on any atom is 0.238 e. The van der Waals surface area contributed by atoms with Crippen molar-refractivity contribution in [2.45, 2.75) is 49.2 Å². The lowest BCUT2D eigenvalue weighted by atomic mass is 9.97. The minimum absolute atomic E-state index is 0.187. The molecule has 1 aromatic rings. The first kappa shape index (κ1) is 15.0. The Morgan fingerprint density at radius 3 is 2.95 bits per heavy atom. The number of nitrogens with one attached hydrogen (secondary N) is 1. The molecule has 0 aromatic heterocycles. The van der Waals surface area contributed by atoms with Gasteiger partial charge in [-0.25, -0.2) is 13.6 Å². The molecule has 0 spiro atoms. The summed E-state index contributed by atoms with van der Waals surface area (Å²) in [5, 5.41) is 8.74. The average Bonchev–Trinajstić information content (AvgIpc) is 2.92. The van der Waals surface area contributed by atoms with E-state index in [1.54, 1.807) is 12.1 Å². The van der Waals surface area contributed by atoms with Crippen molar-refractivity contribution in [1.82, 2.24) is 10.2 Å². The molecule has 2 aliphatic rings. The molecular formula is C15H23N3O2S. The molecule has 1 aromatic carbocycles. The molecule has 5 nitrogen and oxygen atoms in total. The van der Waals surface area contributed by atoms with Crippen LogP contribution in [0, 0.1) is 0 Å². The first-order valence-corrected chi connectivity index (χ1v) is 9.16. The Hall–Kier alpha value is -0.950. The second-order valence-electron chi connectivity index (χ2n) is 6.13. The zero-order valence-electron chi connectivity index (χ0n) is 12.2. The van der Waals surface area contributed by atoms with E-state index in [0.717, 1.165) is 11.6 Å². The maximum absolute atomic E-state index is 11.4. The van der Waals surface area contributed by atoms with E-state index in [0.29, 0.717) is 12.6 Å². The van der Waals surface area contributed by atoms with Crippen LogP contribution in [0.1, 0.15) is 31.2 Å². The standard InChI is InChI=1S/C15H23N3O2S/c16-21(19,20)15-5-1-3-12(9-15)11-17-13-6-8-18-7-2-4-14(18)10-13/h1,3,5,9,13-14,17H,2,4,6-8,10-11H2,(H2,16,19,20). The van der Waals surface area contributed by atoms with Crippen LogP contribution in [0.5, 0.6) is 0 Å². The van der Waals surface area contributed by atoms with Crippen LogP contribution in [0.4, 0.5) is 0 Å². The van der Waals surface area contributed by atoms with Gasteiger partial charge in [0.1, 0.15) is 0 Å². The van der Waals surface area contributed by atoms with Gasteiger partial charge in [0.25, 0.3) is 0 Å². The molecule has 116 valence electrons. The lowest BCUT2D eigenvalue weighted by Crippen LogP contribution is -2.45. The van der Waals surface area contributed by atoms with Gasteiger partial charge in [-0.1, -0.05) is 12.1 Å². The van der Waals surface area contributed by atoms with Crippen LogP contribution in [0.2, 0.25) is 0 Å². The molecule has 2 aliphatic heterocycles. The van der Waals surface area contributed by atoms with Crippen LogP contribution >= 0.6 is 0 Å². The highest BCUT2D eigenvalue weighted by atomic mass is 32.2. The third-order valence-electron chi connectivity index (χ3n) is 4.64. The van der Waals surface area contributed by atoms with Gasteiger partial charge >= 0.3 is 0 Å². The van der Waals surface area contributed by atoms with Gasteiger partial charge < -0.3 is 10.2 Å². The second kappa shape index (κ2) is 6.04. The van der Waals surface area contributed by atoms with E-state index in [9.17, 15) is 8.42 Å². The molecule has 6 heteroatoms. The zero-order chi connectivity index (χ0) is 14.9. The van der Waals surface area contributed by atoms with Crippen LogP contribution in [-0.4, -0.2) is 38.5 Å². The summed E-state index contributed by atoms with van der Waals surface area (Å²) in [5.74, 6) is 0. The number of hydrogen-bond acceptors (Lipinski definition) is 4. The third kappa shape index (κ3) is 3.63. The fourth-order valence-electron chi connectivity index (χ4n) is 3.50. The Balaban J connectivity index is 1.58. The van der Waals surface area contributed by atoms with Crippen LogP contribution in [0.15, 0.2) is 29.2 Å². The highest BCUT2D eigenvalue weighted by Gasteiger charge is 2.31. The van der Waals surface area contributed by atoms with Crippen molar-refractivity contribution in [2.75, 3.05) is 13.1 Å². The molecular weight excluding hydrogens is 286 g/mol. The summed E-state index contributed by atoms with van der Waals surface area (Å²) in [4.78, 5) is 2.78. The number of sulfonamides is 1. The summed E-state index contributed by atoms with van der Waals surface area (Å²) < 4.78 is 22.7. The molecule has 21 heavy (non-hydrogen) atoms. The molecule has 0 radical (unpaired) electrons. The summed E-state index contributed by atoms with van der Waals surface area (Å²) in [5.41, 5.74) is 0.968. The highest BCUT2D eigenvalue weighted by molar-refractivity contribution is 7.89.